The van der Waals surface area contributed by atoms with Crippen molar-refractivity contribution in [2.75, 3.05) is 0 Å². The lowest BCUT2D eigenvalue weighted by Gasteiger charge is -2.31. The fraction of sp³-hybridized carbons (Fsp3) is 0.364. The van der Waals surface area contributed by atoms with E-state index in [1.165, 1.54) is 0 Å². The second-order valence-electron chi connectivity index (χ2n) is 7.73. The van der Waals surface area contributed by atoms with E-state index in [4.69, 9.17) is 0 Å². The molecule has 0 radical (unpaired) electrons. The van der Waals surface area contributed by atoms with E-state index in [2.05, 4.69) is 21.2 Å². The van der Waals surface area contributed by atoms with Crippen molar-refractivity contribution in [3.8, 4) is 0 Å². The molecule has 0 aliphatic rings. The molecule has 2 amide bonds. The number of benzene rings is 2. The summed E-state index contributed by atoms with van der Waals surface area (Å²) in [4.78, 5) is 27.4. The summed E-state index contributed by atoms with van der Waals surface area (Å²) < 4.78 is 0.947. The second-order valence-corrected chi connectivity index (χ2v) is 8.64. The number of amides is 2. The highest BCUT2D eigenvalue weighted by atomic mass is 79.9. The van der Waals surface area contributed by atoms with Gasteiger partial charge in [-0.1, -0.05) is 58.4 Å². The largest absolute Gasteiger partial charge is 0.350 e. The van der Waals surface area contributed by atoms with Crippen LogP contribution < -0.4 is 5.32 Å². The van der Waals surface area contributed by atoms with Crippen LogP contribution in [0.5, 0.6) is 0 Å². The third kappa shape index (κ3) is 6.83. The number of hydrogen-bond donors (Lipinski definition) is 1. The van der Waals surface area contributed by atoms with E-state index in [1.54, 1.807) is 11.8 Å². The normalized spacial score (nSPS) is 12.3. The monoisotopic (exact) mass is 430 g/mol. The smallest absolute Gasteiger partial charge is 0.242 e. The molecule has 2 rings (SSSR count). The Labute approximate surface area is 170 Å². The van der Waals surface area contributed by atoms with E-state index in [0.717, 1.165) is 15.6 Å². The topological polar surface area (TPSA) is 49.4 Å². The molecule has 27 heavy (non-hydrogen) atoms. The zero-order chi connectivity index (χ0) is 20.0. The van der Waals surface area contributed by atoms with Crippen molar-refractivity contribution >= 4 is 27.7 Å². The summed E-state index contributed by atoms with van der Waals surface area (Å²) in [6.45, 7) is 7.96. The maximum atomic E-state index is 13.0. The van der Waals surface area contributed by atoms with E-state index < -0.39 is 6.04 Å². The number of hydrogen-bond acceptors (Lipinski definition) is 2. The standard InChI is InChI=1S/C22H27BrN2O2/c1-16(21(27)24-22(2,3)4)25(15-18-11-8-12-19(23)13-18)20(26)14-17-9-6-5-7-10-17/h5-13,16H,14-15H2,1-4H3,(H,24,27)/t16-/m1/s1. The molecule has 0 aromatic heterocycles. The van der Waals surface area contributed by atoms with Gasteiger partial charge < -0.3 is 10.2 Å². The Morgan fingerprint density at radius 1 is 1.04 bits per heavy atom. The maximum absolute atomic E-state index is 13.0. The van der Waals surface area contributed by atoms with Crippen LogP contribution in [0.2, 0.25) is 0 Å². The van der Waals surface area contributed by atoms with Gasteiger partial charge in [-0.25, -0.2) is 0 Å². The number of carbonyl (C=O) groups is 2. The van der Waals surface area contributed by atoms with Gasteiger partial charge in [0, 0.05) is 16.6 Å². The third-order valence-electron chi connectivity index (χ3n) is 4.11. The van der Waals surface area contributed by atoms with Gasteiger partial charge in [-0.2, -0.15) is 0 Å². The van der Waals surface area contributed by atoms with Crippen molar-refractivity contribution in [2.24, 2.45) is 0 Å². The van der Waals surface area contributed by atoms with Crippen molar-refractivity contribution in [2.45, 2.75) is 52.2 Å². The molecule has 0 aliphatic heterocycles. The minimum absolute atomic E-state index is 0.0715. The van der Waals surface area contributed by atoms with Crippen molar-refractivity contribution in [3.05, 3.63) is 70.2 Å². The Bertz CT molecular complexity index is 784. The summed E-state index contributed by atoms with van der Waals surface area (Å²) in [7, 11) is 0. The molecule has 0 spiro atoms. The molecule has 4 nitrogen and oxygen atoms in total. The van der Waals surface area contributed by atoms with E-state index in [0.29, 0.717) is 6.54 Å². The van der Waals surface area contributed by atoms with Gasteiger partial charge in [-0.15, -0.1) is 0 Å². The summed E-state index contributed by atoms with van der Waals surface area (Å²) >= 11 is 3.47. The zero-order valence-electron chi connectivity index (χ0n) is 16.3. The summed E-state index contributed by atoms with van der Waals surface area (Å²) in [5.41, 5.74) is 1.56. The maximum Gasteiger partial charge on any atom is 0.242 e. The van der Waals surface area contributed by atoms with Crippen LogP contribution in [0.15, 0.2) is 59.1 Å². The Hall–Kier alpha value is -2.14. The molecule has 0 bridgehead atoms. The number of nitrogens with one attached hydrogen (secondary N) is 1. The Kier molecular flexibility index (Phi) is 7.19. The van der Waals surface area contributed by atoms with E-state index >= 15 is 0 Å². The van der Waals surface area contributed by atoms with Crippen LogP contribution in [0.3, 0.4) is 0 Å². The van der Waals surface area contributed by atoms with Gasteiger partial charge in [0.1, 0.15) is 6.04 Å². The average molecular weight is 431 g/mol. The predicted molar refractivity (Wildman–Crippen MR) is 112 cm³/mol. The Balaban J connectivity index is 2.23. The van der Waals surface area contributed by atoms with Crippen molar-refractivity contribution in [1.82, 2.24) is 10.2 Å². The van der Waals surface area contributed by atoms with Crippen LogP contribution in [-0.2, 0) is 22.6 Å². The van der Waals surface area contributed by atoms with Crippen molar-refractivity contribution < 1.29 is 9.59 Å². The summed E-state index contributed by atoms with van der Waals surface area (Å²) in [5, 5.41) is 2.97. The molecule has 1 atom stereocenters. The first kappa shape index (κ1) is 21.2. The molecular formula is C22H27BrN2O2. The van der Waals surface area contributed by atoms with Crippen LogP contribution in [0.4, 0.5) is 0 Å². The fourth-order valence-corrected chi connectivity index (χ4v) is 3.21. The number of rotatable bonds is 6. The lowest BCUT2D eigenvalue weighted by atomic mass is 10.1. The van der Waals surface area contributed by atoms with Crippen LogP contribution in [-0.4, -0.2) is 28.3 Å². The number of halogens is 1. The molecule has 0 heterocycles. The zero-order valence-corrected chi connectivity index (χ0v) is 17.9. The molecule has 0 aliphatic carbocycles. The lowest BCUT2D eigenvalue weighted by Crippen LogP contribution is -2.52. The first-order valence-corrected chi connectivity index (χ1v) is 9.85. The van der Waals surface area contributed by atoms with Gasteiger partial charge in [0.25, 0.3) is 0 Å². The first-order valence-electron chi connectivity index (χ1n) is 9.05. The molecule has 0 unspecified atom stereocenters. The van der Waals surface area contributed by atoms with Gasteiger partial charge in [-0.05, 0) is 51.0 Å². The minimum Gasteiger partial charge on any atom is -0.350 e. The lowest BCUT2D eigenvalue weighted by molar-refractivity contribution is -0.140. The van der Waals surface area contributed by atoms with Gasteiger partial charge in [0.15, 0.2) is 0 Å². The second kappa shape index (κ2) is 9.18. The van der Waals surface area contributed by atoms with Crippen LogP contribution in [0.1, 0.15) is 38.8 Å². The highest BCUT2D eigenvalue weighted by molar-refractivity contribution is 9.10. The number of nitrogens with zero attached hydrogens (tertiary/aromatic N) is 1. The van der Waals surface area contributed by atoms with E-state index in [-0.39, 0.29) is 23.8 Å². The van der Waals surface area contributed by atoms with Crippen molar-refractivity contribution in [3.63, 3.8) is 0 Å². The highest BCUT2D eigenvalue weighted by Gasteiger charge is 2.28. The molecular weight excluding hydrogens is 404 g/mol. The van der Waals surface area contributed by atoms with Crippen LogP contribution in [0.25, 0.3) is 0 Å². The fourth-order valence-electron chi connectivity index (χ4n) is 2.76. The Morgan fingerprint density at radius 3 is 2.26 bits per heavy atom. The molecule has 0 saturated heterocycles. The quantitative estimate of drug-likeness (QED) is 0.741. The number of carbonyl (C=O) groups excluding carboxylic acids is 2. The summed E-state index contributed by atoms with van der Waals surface area (Å²) in [6, 6.07) is 16.8. The molecule has 1 N–H and O–H groups in total. The summed E-state index contributed by atoms with van der Waals surface area (Å²) in [6.07, 6.45) is 0.266. The molecule has 0 fully saturated rings. The van der Waals surface area contributed by atoms with E-state index in [1.807, 2.05) is 75.4 Å². The molecule has 2 aromatic rings. The van der Waals surface area contributed by atoms with Gasteiger partial charge in [-0.3, -0.25) is 9.59 Å². The highest BCUT2D eigenvalue weighted by Crippen LogP contribution is 2.17. The van der Waals surface area contributed by atoms with E-state index in [9.17, 15) is 9.59 Å². The van der Waals surface area contributed by atoms with Gasteiger partial charge in [0.05, 0.1) is 6.42 Å². The van der Waals surface area contributed by atoms with Crippen LogP contribution >= 0.6 is 15.9 Å². The molecule has 0 saturated carbocycles. The average Bonchev–Trinajstić information content (AvgIpc) is 2.58. The summed E-state index contributed by atoms with van der Waals surface area (Å²) in [5.74, 6) is -0.225. The third-order valence-corrected chi connectivity index (χ3v) is 4.60. The Morgan fingerprint density at radius 2 is 1.67 bits per heavy atom. The van der Waals surface area contributed by atoms with Gasteiger partial charge in [0.2, 0.25) is 11.8 Å². The van der Waals surface area contributed by atoms with Crippen LogP contribution in [0, 0.1) is 0 Å². The molecule has 144 valence electrons. The van der Waals surface area contributed by atoms with Gasteiger partial charge >= 0.3 is 0 Å². The molecule has 5 heteroatoms. The predicted octanol–water partition coefficient (Wildman–Crippen LogP) is 4.32. The SMILES string of the molecule is C[C@H](C(=O)NC(C)(C)C)N(Cc1cccc(Br)c1)C(=O)Cc1ccccc1. The van der Waals surface area contributed by atoms with Crippen molar-refractivity contribution in [1.29, 1.82) is 0 Å². The first-order chi connectivity index (χ1) is 12.7. The minimum atomic E-state index is -0.570. The molecule has 2 aromatic carbocycles.